The first-order valence-corrected chi connectivity index (χ1v) is 6.14. The van der Waals surface area contributed by atoms with E-state index in [4.69, 9.17) is 0 Å². The normalized spacial score (nSPS) is 13.3. The summed E-state index contributed by atoms with van der Waals surface area (Å²) in [5.74, 6) is -0.296. The second-order valence-electron chi connectivity index (χ2n) is 3.56. The van der Waals surface area contributed by atoms with E-state index < -0.39 is 5.97 Å². The molecule has 0 unspecified atom stereocenters. The minimum absolute atomic E-state index is 0.360. The second kappa shape index (κ2) is 5.22. The molecule has 18 heavy (non-hydrogen) atoms. The van der Waals surface area contributed by atoms with E-state index in [-0.39, 0.29) is 5.97 Å². The summed E-state index contributed by atoms with van der Waals surface area (Å²) >= 11 is 1.44. The summed E-state index contributed by atoms with van der Waals surface area (Å²) in [5.41, 5.74) is 1.65. The Morgan fingerprint density at radius 3 is 2.67 bits per heavy atom. The molecule has 0 N–H and O–H groups in total. The monoisotopic (exact) mass is 265 g/mol. The highest BCUT2D eigenvalue weighted by Gasteiger charge is 2.19. The molecule has 0 atom stereocenters. The Morgan fingerprint density at radius 1 is 1.28 bits per heavy atom. The molecule has 94 valence electrons. The molecule has 0 spiro atoms. The molecule has 0 radical (unpaired) electrons. The number of aromatic nitrogens is 1. The van der Waals surface area contributed by atoms with Crippen LogP contribution in [0.25, 0.3) is 6.08 Å². The van der Waals surface area contributed by atoms with Crippen LogP contribution in [0.4, 0.5) is 0 Å². The predicted octanol–water partition coefficient (Wildman–Crippen LogP) is 1.53. The molecule has 0 amide bonds. The third-order valence-corrected chi connectivity index (χ3v) is 3.51. The van der Waals surface area contributed by atoms with Gasteiger partial charge in [0.1, 0.15) is 5.03 Å². The summed E-state index contributed by atoms with van der Waals surface area (Å²) in [4.78, 5) is 27.0. The van der Waals surface area contributed by atoms with Crippen LogP contribution in [0.5, 0.6) is 0 Å². The van der Waals surface area contributed by atoms with E-state index in [0.29, 0.717) is 16.9 Å². The van der Waals surface area contributed by atoms with Crippen molar-refractivity contribution in [1.82, 2.24) is 4.98 Å². The number of hydrogen-bond acceptors (Lipinski definition) is 6. The van der Waals surface area contributed by atoms with Crippen molar-refractivity contribution in [1.29, 1.82) is 0 Å². The van der Waals surface area contributed by atoms with E-state index in [1.165, 1.54) is 32.2 Å². The summed E-state index contributed by atoms with van der Waals surface area (Å²) in [6.45, 7) is 0. The van der Waals surface area contributed by atoms with Crippen molar-refractivity contribution in [3.8, 4) is 0 Å². The zero-order chi connectivity index (χ0) is 13.1. The lowest BCUT2D eigenvalue weighted by atomic mass is 10.1. The third-order valence-electron chi connectivity index (χ3n) is 2.44. The van der Waals surface area contributed by atoms with E-state index in [2.05, 4.69) is 14.5 Å². The number of carbonyl (C=O) groups excluding carboxylic acids is 2. The Hall–Kier alpha value is -1.82. The molecule has 0 aliphatic carbocycles. The molecule has 0 saturated heterocycles. The minimum atomic E-state index is -0.450. The summed E-state index contributed by atoms with van der Waals surface area (Å²) in [7, 11) is 2.65. The first kappa shape index (κ1) is 12.6. The van der Waals surface area contributed by atoms with Gasteiger partial charge in [-0.05, 0) is 12.1 Å². The van der Waals surface area contributed by atoms with Gasteiger partial charge in [-0.3, -0.25) is 0 Å². The predicted molar refractivity (Wildman–Crippen MR) is 66.3 cm³/mol. The molecular formula is C12H11NO4S. The Bertz CT molecular complexity index is 539. The highest BCUT2D eigenvalue weighted by Crippen LogP contribution is 2.30. The van der Waals surface area contributed by atoms with Crippen molar-refractivity contribution in [3.63, 3.8) is 0 Å². The number of hydrogen-bond donors (Lipinski definition) is 0. The summed E-state index contributed by atoms with van der Waals surface area (Å²) in [6, 6.07) is 1.66. The first-order valence-electron chi connectivity index (χ1n) is 5.15. The van der Waals surface area contributed by atoms with E-state index in [0.717, 1.165) is 10.6 Å². The van der Waals surface area contributed by atoms with E-state index in [1.807, 2.05) is 0 Å². The first-order chi connectivity index (χ1) is 8.65. The quantitative estimate of drug-likeness (QED) is 0.755. The lowest BCUT2D eigenvalue weighted by Gasteiger charge is -2.14. The molecule has 0 bridgehead atoms. The minimum Gasteiger partial charge on any atom is -0.466 e. The highest BCUT2D eigenvalue weighted by molar-refractivity contribution is 7.99. The molecule has 0 fully saturated rings. The van der Waals surface area contributed by atoms with Crippen LogP contribution in [0.1, 0.15) is 15.9 Å². The Labute approximate surface area is 108 Å². The fourth-order valence-electron chi connectivity index (χ4n) is 1.55. The van der Waals surface area contributed by atoms with Gasteiger partial charge in [0.05, 0.1) is 19.8 Å². The van der Waals surface area contributed by atoms with Crippen LogP contribution in [0.3, 0.4) is 0 Å². The fourth-order valence-corrected chi connectivity index (χ4v) is 2.45. The zero-order valence-corrected chi connectivity index (χ0v) is 10.7. The van der Waals surface area contributed by atoms with Gasteiger partial charge in [0.15, 0.2) is 0 Å². The van der Waals surface area contributed by atoms with Gasteiger partial charge in [-0.25, -0.2) is 14.6 Å². The third kappa shape index (κ3) is 2.38. The van der Waals surface area contributed by atoms with Crippen LogP contribution >= 0.6 is 11.8 Å². The molecule has 0 saturated carbocycles. The maximum absolute atomic E-state index is 11.4. The maximum Gasteiger partial charge on any atom is 0.339 e. The highest BCUT2D eigenvalue weighted by atomic mass is 32.2. The van der Waals surface area contributed by atoms with Gasteiger partial charge >= 0.3 is 11.9 Å². The summed E-state index contributed by atoms with van der Waals surface area (Å²) in [5, 5.41) is 0.787. The number of thioether (sulfide) groups is 1. The van der Waals surface area contributed by atoms with Gasteiger partial charge in [-0.2, -0.15) is 0 Å². The summed E-state index contributed by atoms with van der Waals surface area (Å²) in [6.07, 6.45) is 3.16. The van der Waals surface area contributed by atoms with E-state index >= 15 is 0 Å². The van der Waals surface area contributed by atoms with Crippen LogP contribution in [-0.2, 0) is 14.3 Å². The smallest absolute Gasteiger partial charge is 0.339 e. The maximum atomic E-state index is 11.4. The van der Waals surface area contributed by atoms with E-state index in [9.17, 15) is 9.59 Å². The lowest BCUT2D eigenvalue weighted by Crippen LogP contribution is -2.11. The Balaban J connectivity index is 2.38. The van der Waals surface area contributed by atoms with Gasteiger partial charge in [-0.1, -0.05) is 0 Å². The fraction of sp³-hybridized carbons (Fsp3) is 0.250. The second-order valence-corrected chi connectivity index (χ2v) is 4.52. The number of esters is 2. The van der Waals surface area contributed by atoms with Crippen molar-refractivity contribution >= 4 is 29.8 Å². The zero-order valence-electron chi connectivity index (χ0n) is 9.93. The topological polar surface area (TPSA) is 65.5 Å². The number of ether oxygens (including phenoxy) is 2. The van der Waals surface area contributed by atoms with Crippen molar-refractivity contribution in [2.75, 3.05) is 20.0 Å². The van der Waals surface area contributed by atoms with Crippen LogP contribution < -0.4 is 0 Å². The van der Waals surface area contributed by atoms with Crippen molar-refractivity contribution in [3.05, 3.63) is 29.0 Å². The molecule has 6 heteroatoms. The van der Waals surface area contributed by atoms with E-state index in [1.54, 1.807) is 12.1 Å². The Kier molecular flexibility index (Phi) is 3.66. The molecule has 5 nitrogen and oxygen atoms in total. The van der Waals surface area contributed by atoms with Gasteiger partial charge in [0.2, 0.25) is 0 Å². The van der Waals surface area contributed by atoms with Crippen LogP contribution in [0.2, 0.25) is 0 Å². The number of pyridine rings is 1. The summed E-state index contributed by atoms with van der Waals surface area (Å²) < 4.78 is 9.30. The average Bonchev–Trinajstić information content (AvgIpc) is 2.44. The lowest BCUT2D eigenvalue weighted by molar-refractivity contribution is -0.135. The molecule has 1 aromatic heterocycles. The molecule has 1 aliphatic heterocycles. The number of methoxy groups -OCH3 is 2. The standard InChI is InChI=1S/C12H11NO4S/c1-16-11(14)8-3-7-4-9(12(15)17-2)6-18-10(7)13-5-8/h3-5H,6H2,1-2H3. The SMILES string of the molecule is COC(=O)C1=Cc2cc(C(=O)OC)cnc2SC1. The Morgan fingerprint density at radius 2 is 2.00 bits per heavy atom. The molecule has 2 rings (SSSR count). The van der Waals surface area contributed by atoms with Gasteiger partial charge in [0.25, 0.3) is 0 Å². The number of carbonyl (C=O) groups is 2. The van der Waals surface area contributed by atoms with Crippen LogP contribution in [0, 0.1) is 0 Å². The average molecular weight is 265 g/mol. The van der Waals surface area contributed by atoms with Crippen LogP contribution in [0.15, 0.2) is 22.9 Å². The van der Waals surface area contributed by atoms with Gasteiger partial charge < -0.3 is 9.47 Å². The van der Waals surface area contributed by atoms with Crippen LogP contribution in [-0.4, -0.2) is 36.9 Å². The van der Waals surface area contributed by atoms with Crippen molar-refractivity contribution < 1.29 is 19.1 Å². The molecule has 1 aliphatic rings. The van der Waals surface area contributed by atoms with Crippen molar-refractivity contribution in [2.45, 2.75) is 5.03 Å². The van der Waals surface area contributed by atoms with Gasteiger partial charge in [0, 0.05) is 23.1 Å². The number of nitrogens with zero attached hydrogens (tertiary/aromatic N) is 1. The number of fused-ring (bicyclic) bond motifs is 1. The molecular weight excluding hydrogens is 254 g/mol. The molecule has 2 heterocycles. The van der Waals surface area contributed by atoms with Crippen molar-refractivity contribution in [2.24, 2.45) is 0 Å². The van der Waals surface area contributed by atoms with Gasteiger partial charge in [-0.15, -0.1) is 11.8 Å². The molecule has 1 aromatic rings. The number of rotatable bonds is 2. The molecule has 0 aromatic carbocycles. The largest absolute Gasteiger partial charge is 0.466 e.